The van der Waals surface area contributed by atoms with E-state index in [1.165, 1.54) is 35.5 Å². The van der Waals surface area contributed by atoms with Gasteiger partial charge in [0.25, 0.3) is 0 Å². The lowest BCUT2D eigenvalue weighted by molar-refractivity contribution is 0.200. The number of aromatic nitrogens is 2. The van der Waals surface area contributed by atoms with Crippen LogP contribution in [-0.2, 0) is 6.54 Å². The van der Waals surface area contributed by atoms with Crippen LogP contribution in [0.1, 0.15) is 34.9 Å². The molecule has 1 atom stereocenters. The van der Waals surface area contributed by atoms with Crippen molar-refractivity contribution in [3.63, 3.8) is 0 Å². The number of aromatic amines is 1. The molecule has 0 spiro atoms. The molecule has 1 aliphatic rings. The molecule has 0 unspecified atom stereocenters. The first-order valence-electron chi connectivity index (χ1n) is 6.57. The number of aryl methyl sites for hydroxylation is 1. The second-order valence-corrected chi connectivity index (χ2v) is 6.15. The van der Waals surface area contributed by atoms with Gasteiger partial charge in [0, 0.05) is 29.6 Å². The van der Waals surface area contributed by atoms with Crippen LogP contribution in [-0.4, -0.2) is 28.2 Å². The minimum atomic E-state index is 0.626. The topological polar surface area (TPSA) is 31.9 Å². The van der Waals surface area contributed by atoms with Crippen molar-refractivity contribution in [2.45, 2.75) is 32.2 Å². The molecule has 96 valence electrons. The summed E-state index contributed by atoms with van der Waals surface area (Å²) in [5.74, 6) is 0.626. The largest absolute Gasteiger partial charge is 0.298 e. The molecule has 3 nitrogen and oxygen atoms in total. The van der Waals surface area contributed by atoms with Crippen LogP contribution in [0.4, 0.5) is 0 Å². The number of rotatable bonds is 3. The first-order valence-corrected chi connectivity index (χ1v) is 7.45. The molecule has 2 aromatic heterocycles. The minimum Gasteiger partial charge on any atom is -0.298 e. The highest BCUT2D eigenvalue weighted by Gasteiger charge is 2.23. The Balaban J connectivity index is 1.67. The molecule has 4 heteroatoms. The smallest absolute Gasteiger partial charge is 0.0519 e. The fourth-order valence-corrected chi connectivity index (χ4v) is 3.57. The second kappa shape index (κ2) is 5.24. The van der Waals surface area contributed by atoms with Crippen LogP contribution >= 0.6 is 11.3 Å². The average Bonchev–Trinajstić information content (AvgIpc) is 3.01. The second-order valence-electron chi connectivity index (χ2n) is 5.12. The van der Waals surface area contributed by atoms with Gasteiger partial charge in [0.05, 0.1) is 6.20 Å². The Kier molecular flexibility index (Phi) is 3.48. The van der Waals surface area contributed by atoms with E-state index in [2.05, 4.69) is 39.5 Å². The van der Waals surface area contributed by atoms with E-state index in [4.69, 9.17) is 0 Å². The standard InChI is InChI=1S/C14H19N3S/c1-11-8-15-16-14(11)12-4-2-6-17(9-12)10-13-5-3-7-18-13/h3,5,7-8,12H,2,4,6,9-10H2,1H3,(H,15,16)/t12-/m0/s1. The maximum absolute atomic E-state index is 4.16. The van der Waals surface area contributed by atoms with Crippen molar-refractivity contribution < 1.29 is 0 Å². The summed E-state index contributed by atoms with van der Waals surface area (Å²) in [6, 6.07) is 4.37. The molecule has 3 rings (SSSR count). The highest BCUT2D eigenvalue weighted by atomic mass is 32.1. The summed E-state index contributed by atoms with van der Waals surface area (Å²) in [6.07, 6.45) is 4.51. The number of nitrogens with one attached hydrogen (secondary N) is 1. The summed E-state index contributed by atoms with van der Waals surface area (Å²) >= 11 is 1.86. The van der Waals surface area contributed by atoms with Crippen molar-refractivity contribution >= 4 is 11.3 Å². The Bertz CT molecular complexity index is 489. The summed E-state index contributed by atoms with van der Waals surface area (Å²) < 4.78 is 0. The van der Waals surface area contributed by atoms with Gasteiger partial charge in [-0.25, -0.2) is 0 Å². The number of H-pyrrole nitrogens is 1. The third-order valence-corrected chi connectivity index (χ3v) is 4.60. The molecule has 1 N–H and O–H groups in total. The summed E-state index contributed by atoms with van der Waals surface area (Å²) in [7, 11) is 0. The number of piperidine rings is 1. The van der Waals surface area contributed by atoms with Gasteiger partial charge in [-0.05, 0) is 43.3 Å². The summed E-state index contributed by atoms with van der Waals surface area (Å²) in [6.45, 7) is 5.63. The van der Waals surface area contributed by atoms with E-state index in [0.29, 0.717) is 5.92 Å². The molecule has 1 saturated heterocycles. The molecule has 0 amide bonds. The summed E-state index contributed by atoms with van der Waals surface area (Å²) in [5.41, 5.74) is 2.64. The average molecular weight is 261 g/mol. The van der Waals surface area contributed by atoms with Crippen molar-refractivity contribution in [2.24, 2.45) is 0 Å². The monoisotopic (exact) mass is 261 g/mol. The normalized spacial score (nSPS) is 21.3. The fraction of sp³-hybridized carbons (Fsp3) is 0.500. The van der Waals surface area contributed by atoms with E-state index in [-0.39, 0.29) is 0 Å². The Morgan fingerprint density at radius 3 is 3.22 bits per heavy atom. The van der Waals surface area contributed by atoms with Crippen LogP contribution in [0, 0.1) is 6.92 Å². The van der Waals surface area contributed by atoms with E-state index < -0.39 is 0 Å². The van der Waals surface area contributed by atoms with Gasteiger partial charge in [-0.1, -0.05) is 6.07 Å². The summed E-state index contributed by atoms with van der Waals surface area (Å²) in [5, 5.41) is 9.50. The maximum Gasteiger partial charge on any atom is 0.0519 e. The van der Waals surface area contributed by atoms with Gasteiger partial charge in [0.15, 0.2) is 0 Å². The van der Waals surface area contributed by atoms with Gasteiger partial charge < -0.3 is 0 Å². The number of hydrogen-bond donors (Lipinski definition) is 1. The van der Waals surface area contributed by atoms with E-state index in [0.717, 1.165) is 13.1 Å². The molecular formula is C14H19N3S. The van der Waals surface area contributed by atoms with Gasteiger partial charge in [-0.2, -0.15) is 5.10 Å². The molecule has 0 bridgehead atoms. The van der Waals surface area contributed by atoms with E-state index in [9.17, 15) is 0 Å². The lowest BCUT2D eigenvalue weighted by Crippen LogP contribution is -2.34. The molecule has 0 aromatic carbocycles. The molecule has 0 aliphatic carbocycles. The molecular weight excluding hydrogens is 242 g/mol. The van der Waals surface area contributed by atoms with Crippen LogP contribution in [0.2, 0.25) is 0 Å². The van der Waals surface area contributed by atoms with E-state index in [1.54, 1.807) is 0 Å². The lowest BCUT2D eigenvalue weighted by atomic mass is 9.93. The Morgan fingerprint density at radius 1 is 1.56 bits per heavy atom. The molecule has 2 aromatic rings. The van der Waals surface area contributed by atoms with Crippen molar-refractivity contribution in [3.05, 3.63) is 39.8 Å². The molecule has 0 radical (unpaired) electrons. The number of thiophene rings is 1. The Hall–Kier alpha value is -1.13. The Morgan fingerprint density at radius 2 is 2.50 bits per heavy atom. The zero-order valence-electron chi connectivity index (χ0n) is 10.7. The molecule has 18 heavy (non-hydrogen) atoms. The SMILES string of the molecule is Cc1cn[nH]c1[C@H]1CCCN(Cc2cccs2)C1. The van der Waals surface area contributed by atoms with Gasteiger partial charge in [-0.15, -0.1) is 11.3 Å². The Labute approximate surface area is 112 Å². The van der Waals surface area contributed by atoms with E-state index >= 15 is 0 Å². The number of hydrogen-bond acceptors (Lipinski definition) is 3. The summed E-state index contributed by atoms with van der Waals surface area (Å²) in [4.78, 5) is 4.04. The minimum absolute atomic E-state index is 0.626. The molecule has 1 aliphatic heterocycles. The van der Waals surface area contributed by atoms with Crippen LogP contribution in [0.25, 0.3) is 0 Å². The zero-order valence-corrected chi connectivity index (χ0v) is 11.5. The predicted molar refractivity (Wildman–Crippen MR) is 74.9 cm³/mol. The number of likely N-dealkylation sites (tertiary alicyclic amines) is 1. The molecule has 1 fully saturated rings. The third kappa shape index (κ3) is 2.49. The highest BCUT2D eigenvalue weighted by Crippen LogP contribution is 2.28. The first kappa shape index (κ1) is 11.9. The predicted octanol–water partition coefficient (Wildman–Crippen LogP) is 3.16. The van der Waals surface area contributed by atoms with Gasteiger partial charge in [0.1, 0.15) is 0 Å². The van der Waals surface area contributed by atoms with Crippen LogP contribution < -0.4 is 0 Å². The van der Waals surface area contributed by atoms with Gasteiger partial charge in [-0.3, -0.25) is 10.00 Å². The van der Waals surface area contributed by atoms with Crippen molar-refractivity contribution in [3.8, 4) is 0 Å². The van der Waals surface area contributed by atoms with Crippen LogP contribution in [0.3, 0.4) is 0 Å². The zero-order chi connectivity index (χ0) is 12.4. The van der Waals surface area contributed by atoms with E-state index in [1.807, 2.05) is 17.5 Å². The van der Waals surface area contributed by atoms with Crippen molar-refractivity contribution in [2.75, 3.05) is 13.1 Å². The number of nitrogens with zero attached hydrogens (tertiary/aromatic N) is 2. The van der Waals surface area contributed by atoms with Crippen LogP contribution in [0.5, 0.6) is 0 Å². The maximum atomic E-state index is 4.16. The van der Waals surface area contributed by atoms with Crippen molar-refractivity contribution in [1.82, 2.24) is 15.1 Å². The van der Waals surface area contributed by atoms with Gasteiger partial charge in [0.2, 0.25) is 0 Å². The molecule has 3 heterocycles. The van der Waals surface area contributed by atoms with Gasteiger partial charge >= 0.3 is 0 Å². The fourth-order valence-electron chi connectivity index (χ4n) is 2.83. The van der Waals surface area contributed by atoms with Crippen LogP contribution in [0.15, 0.2) is 23.7 Å². The third-order valence-electron chi connectivity index (χ3n) is 3.74. The first-order chi connectivity index (χ1) is 8.83. The quantitative estimate of drug-likeness (QED) is 0.920. The highest BCUT2D eigenvalue weighted by molar-refractivity contribution is 7.09. The lowest BCUT2D eigenvalue weighted by Gasteiger charge is -2.32. The van der Waals surface area contributed by atoms with Crippen molar-refractivity contribution in [1.29, 1.82) is 0 Å². The molecule has 0 saturated carbocycles.